The van der Waals surface area contributed by atoms with Gasteiger partial charge in [0, 0.05) is 18.0 Å². The topological polar surface area (TPSA) is 82.3 Å². The van der Waals surface area contributed by atoms with Gasteiger partial charge in [0.1, 0.15) is 0 Å². The molecule has 1 aromatic heterocycles. The highest BCUT2D eigenvalue weighted by atomic mass is 32.2. The van der Waals surface area contributed by atoms with E-state index in [1.165, 1.54) is 24.9 Å². The molecule has 114 valence electrons. The number of benzene rings is 1. The van der Waals surface area contributed by atoms with Gasteiger partial charge in [0.05, 0.1) is 17.6 Å². The minimum absolute atomic E-state index is 0.0273. The zero-order chi connectivity index (χ0) is 16.1. The van der Waals surface area contributed by atoms with Gasteiger partial charge in [-0.1, -0.05) is 30.0 Å². The molecule has 0 aliphatic carbocycles. The molecule has 2 rings (SSSR count). The molecule has 0 saturated carbocycles. The largest absolute Gasteiger partial charge is 0.465 e. The number of nitro groups is 1. The van der Waals surface area contributed by atoms with Crippen LogP contribution in [0.2, 0.25) is 0 Å². The van der Waals surface area contributed by atoms with Crippen LogP contribution >= 0.6 is 11.8 Å². The molecule has 0 bridgehead atoms. The molecule has 1 heterocycles. The molecule has 22 heavy (non-hydrogen) atoms. The summed E-state index contributed by atoms with van der Waals surface area (Å²) < 4.78 is 4.73. The molecular weight excluding hydrogens is 304 g/mol. The van der Waals surface area contributed by atoms with Crippen molar-refractivity contribution in [2.75, 3.05) is 7.11 Å². The van der Waals surface area contributed by atoms with E-state index < -0.39 is 10.9 Å². The number of thioether (sulfide) groups is 1. The van der Waals surface area contributed by atoms with Gasteiger partial charge in [0.25, 0.3) is 0 Å². The Morgan fingerprint density at radius 3 is 2.82 bits per heavy atom. The van der Waals surface area contributed by atoms with Gasteiger partial charge >= 0.3 is 11.7 Å². The summed E-state index contributed by atoms with van der Waals surface area (Å²) in [6.07, 6.45) is 1.58. The summed E-state index contributed by atoms with van der Waals surface area (Å²) in [4.78, 5) is 26.5. The number of ether oxygens (including phenoxy) is 1. The quantitative estimate of drug-likeness (QED) is 0.364. The van der Waals surface area contributed by atoms with Crippen molar-refractivity contribution in [3.8, 4) is 0 Å². The molecule has 0 fully saturated rings. The Labute approximate surface area is 131 Å². The Balaban J connectivity index is 2.25. The Morgan fingerprint density at radius 1 is 1.41 bits per heavy atom. The van der Waals surface area contributed by atoms with E-state index in [1.807, 2.05) is 0 Å². The average molecular weight is 318 g/mol. The smallest absolute Gasteiger partial charge is 0.338 e. The van der Waals surface area contributed by atoms with Gasteiger partial charge in [-0.3, -0.25) is 10.1 Å². The number of aromatic nitrogens is 1. The standard InChI is InChI=1S/C15H14N2O4S/c1-10-7-13(17(19)20)14(16-8-10)22-9-11-5-3-4-6-12(11)15(18)21-2/h3-8H,9H2,1-2H3. The molecule has 7 heteroatoms. The number of pyridine rings is 1. The molecule has 0 spiro atoms. The first-order valence-electron chi connectivity index (χ1n) is 6.43. The molecule has 0 unspecified atom stereocenters. The van der Waals surface area contributed by atoms with Crippen molar-refractivity contribution in [3.05, 3.63) is 63.3 Å². The number of hydrogen-bond donors (Lipinski definition) is 0. The van der Waals surface area contributed by atoms with Gasteiger partial charge in [0.2, 0.25) is 0 Å². The molecule has 1 aromatic carbocycles. The molecule has 6 nitrogen and oxygen atoms in total. The highest BCUT2D eigenvalue weighted by Crippen LogP contribution is 2.30. The summed E-state index contributed by atoms with van der Waals surface area (Å²) in [5.41, 5.74) is 1.90. The van der Waals surface area contributed by atoms with Gasteiger partial charge in [-0.25, -0.2) is 9.78 Å². The average Bonchev–Trinajstić information content (AvgIpc) is 2.53. The van der Waals surface area contributed by atoms with E-state index in [0.29, 0.717) is 16.3 Å². The summed E-state index contributed by atoms with van der Waals surface area (Å²) in [5.74, 6) is -0.0371. The lowest BCUT2D eigenvalue weighted by Crippen LogP contribution is -2.05. The van der Waals surface area contributed by atoms with Crippen LogP contribution < -0.4 is 0 Å². The molecule has 0 aliphatic heterocycles. The van der Waals surface area contributed by atoms with Crippen LogP contribution in [0.25, 0.3) is 0 Å². The first kappa shape index (κ1) is 16.0. The zero-order valence-electron chi connectivity index (χ0n) is 12.1. The maximum atomic E-state index is 11.7. The second-order valence-electron chi connectivity index (χ2n) is 4.53. The number of rotatable bonds is 5. The fraction of sp³-hybridized carbons (Fsp3) is 0.200. The predicted octanol–water partition coefficient (Wildman–Crippen LogP) is 3.38. The maximum absolute atomic E-state index is 11.7. The molecule has 0 atom stereocenters. The number of carbonyl (C=O) groups is 1. The molecule has 0 aliphatic rings. The van der Waals surface area contributed by atoms with Gasteiger partial charge in [-0.05, 0) is 24.1 Å². The fourth-order valence-electron chi connectivity index (χ4n) is 1.88. The van der Waals surface area contributed by atoms with Crippen LogP contribution in [0, 0.1) is 17.0 Å². The van der Waals surface area contributed by atoms with Crippen molar-refractivity contribution in [3.63, 3.8) is 0 Å². The lowest BCUT2D eigenvalue weighted by molar-refractivity contribution is -0.388. The second kappa shape index (κ2) is 7.04. The second-order valence-corrected chi connectivity index (χ2v) is 5.50. The minimum Gasteiger partial charge on any atom is -0.465 e. The van der Waals surface area contributed by atoms with Crippen LogP contribution in [0.4, 0.5) is 5.69 Å². The van der Waals surface area contributed by atoms with Crippen LogP contribution in [0.1, 0.15) is 21.5 Å². The Hall–Kier alpha value is -2.41. The van der Waals surface area contributed by atoms with Gasteiger partial charge < -0.3 is 4.74 Å². The van der Waals surface area contributed by atoms with Crippen LogP contribution in [-0.2, 0) is 10.5 Å². The van der Waals surface area contributed by atoms with E-state index in [-0.39, 0.29) is 5.69 Å². The Kier molecular flexibility index (Phi) is 5.11. The normalized spacial score (nSPS) is 10.3. The lowest BCUT2D eigenvalue weighted by atomic mass is 10.1. The maximum Gasteiger partial charge on any atom is 0.338 e. The van der Waals surface area contributed by atoms with E-state index in [1.54, 1.807) is 37.4 Å². The number of methoxy groups -OCH3 is 1. The number of nitrogens with zero attached hydrogens (tertiary/aromatic N) is 2. The van der Waals surface area contributed by atoms with E-state index in [2.05, 4.69) is 4.98 Å². The van der Waals surface area contributed by atoms with E-state index >= 15 is 0 Å². The Bertz CT molecular complexity index is 718. The monoisotopic (exact) mass is 318 g/mol. The Morgan fingerprint density at radius 2 is 2.14 bits per heavy atom. The van der Waals surface area contributed by atoms with Crippen LogP contribution in [0.3, 0.4) is 0 Å². The van der Waals surface area contributed by atoms with Crippen molar-refractivity contribution in [1.29, 1.82) is 0 Å². The molecule has 0 saturated heterocycles. The van der Waals surface area contributed by atoms with Crippen LogP contribution in [0.15, 0.2) is 41.6 Å². The third-order valence-electron chi connectivity index (χ3n) is 2.95. The summed E-state index contributed by atoms with van der Waals surface area (Å²) in [5, 5.41) is 11.4. The van der Waals surface area contributed by atoms with Crippen LogP contribution in [0.5, 0.6) is 0 Å². The SMILES string of the molecule is COC(=O)c1ccccc1CSc1ncc(C)cc1[N+](=O)[O-]. The zero-order valence-corrected chi connectivity index (χ0v) is 12.9. The molecular formula is C15H14N2O4S. The van der Waals surface area contributed by atoms with E-state index in [9.17, 15) is 14.9 Å². The van der Waals surface area contributed by atoms with Crippen molar-refractivity contribution in [1.82, 2.24) is 4.98 Å². The lowest BCUT2D eigenvalue weighted by Gasteiger charge is -2.07. The molecule has 0 N–H and O–H groups in total. The summed E-state index contributed by atoms with van der Waals surface area (Å²) in [6, 6.07) is 8.49. The van der Waals surface area contributed by atoms with Crippen molar-refractivity contribution >= 4 is 23.4 Å². The number of esters is 1. The highest BCUT2D eigenvalue weighted by Gasteiger charge is 2.17. The predicted molar refractivity (Wildman–Crippen MR) is 83.0 cm³/mol. The summed E-state index contributed by atoms with van der Waals surface area (Å²) in [7, 11) is 1.32. The summed E-state index contributed by atoms with van der Waals surface area (Å²) >= 11 is 1.22. The van der Waals surface area contributed by atoms with Crippen LogP contribution in [-0.4, -0.2) is 23.0 Å². The first-order valence-corrected chi connectivity index (χ1v) is 7.41. The molecule has 0 amide bonds. The fourth-order valence-corrected chi connectivity index (χ4v) is 2.84. The molecule has 2 aromatic rings. The minimum atomic E-state index is -0.450. The van der Waals surface area contributed by atoms with Gasteiger partial charge in [-0.2, -0.15) is 0 Å². The van der Waals surface area contributed by atoms with Gasteiger partial charge in [-0.15, -0.1) is 0 Å². The third kappa shape index (κ3) is 3.62. The molecule has 0 radical (unpaired) electrons. The number of carbonyl (C=O) groups excluding carboxylic acids is 1. The van der Waals surface area contributed by atoms with Crippen molar-refractivity contribution in [2.24, 2.45) is 0 Å². The van der Waals surface area contributed by atoms with E-state index in [0.717, 1.165) is 11.1 Å². The third-order valence-corrected chi connectivity index (χ3v) is 4.00. The summed E-state index contributed by atoms with van der Waals surface area (Å²) in [6.45, 7) is 1.75. The highest BCUT2D eigenvalue weighted by molar-refractivity contribution is 7.98. The van der Waals surface area contributed by atoms with Gasteiger partial charge in [0.15, 0.2) is 5.03 Å². The van der Waals surface area contributed by atoms with Crippen molar-refractivity contribution in [2.45, 2.75) is 17.7 Å². The number of aryl methyl sites for hydroxylation is 1. The van der Waals surface area contributed by atoms with Crippen molar-refractivity contribution < 1.29 is 14.5 Å². The first-order chi connectivity index (χ1) is 10.5. The number of hydrogen-bond acceptors (Lipinski definition) is 6. The van der Waals surface area contributed by atoms with E-state index in [4.69, 9.17) is 4.74 Å².